The molecular weight excluding hydrogens is 196 g/mol. The summed E-state index contributed by atoms with van der Waals surface area (Å²) in [5.41, 5.74) is 6.03. The summed E-state index contributed by atoms with van der Waals surface area (Å²) in [5.74, 6) is 0. The largest absolute Gasteiger partial charge is 0.354 e. The van der Waals surface area contributed by atoms with Gasteiger partial charge in [-0.2, -0.15) is 0 Å². The summed E-state index contributed by atoms with van der Waals surface area (Å²) >= 11 is 0. The van der Waals surface area contributed by atoms with Gasteiger partial charge in [0.1, 0.15) is 0 Å². The average Bonchev–Trinajstić information content (AvgIpc) is 2.25. The Hall–Kier alpha value is -1.83. The number of hydrogen-bond donors (Lipinski definition) is 1. The molecule has 0 saturated heterocycles. The van der Waals surface area contributed by atoms with Gasteiger partial charge in [0.05, 0.1) is 11.9 Å². The third-order valence-electron chi connectivity index (χ3n) is 2.61. The lowest BCUT2D eigenvalue weighted by Gasteiger charge is -2.13. The van der Waals surface area contributed by atoms with E-state index in [9.17, 15) is 0 Å². The molecule has 82 valence electrons. The first-order chi connectivity index (χ1) is 7.66. The molecule has 2 rings (SSSR count). The predicted octanol–water partition coefficient (Wildman–Crippen LogP) is 3.75. The quantitative estimate of drug-likeness (QED) is 0.820. The number of aryl methyl sites for hydroxylation is 3. The molecule has 0 spiro atoms. The molecule has 1 heterocycles. The molecular formula is C14H16N2. The second-order valence-electron chi connectivity index (χ2n) is 4.14. The van der Waals surface area contributed by atoms with Gasteiger partial charge in [0.2, 0.25) is 0 Å². The van der Waals surface area contributed by atoms with Crippen LogP contribution in [0.1, 0.15) is 16.7 Å². The van der Waals surface area contributed by atoms with Gasteiger partial charge in [-0.25, -0.2) is 0 Å². The average molecular weight is 212 g/mol. The Bertz CT molecular complexity index is 466. The van der Waals surface area contributed by atoms with Crippen molar-refractivity contribution >= 4 is 11.4 Å². The molecule has 0 fully saturated rings. The molecule has 2 heteroatoms. The van der Waals surface area contributed by atoms with Crippen molar-refractivity contribution in [3.8, 4) is 0 Å². The zero-order valence-electron chi connectivity index (χ0n) is 9.91. The molecule has 0 amide bonds. The van der Waals surface area contributed by atoms with Crippen molar-refractivity contribution < 1.29 is 0 Å². The fraction of sp³-hybridized carbons (Fsp3) is 0.214. The zero-order chi connectivity index (χ0) is 11.5. The Labute approximate surface area is 96.4 Å². The number of aromatic nitrogens is 1. The number of hydrogen-bond acceptors (Lipinski definition) is 2. The molecule has 16 heavy (non-hydrogen) atoms. The van der Waals surface area contributed by atoms with Crippen LogP contribution >= 0.6 is 0 Å². The summed E-state index contributed by atoms with van der Waals surface area (Å²) in [7, 11) is 0. The van der Waals surface area contributed by atoms with E-state index in [1.807, 2.05) is 18.3 Å². The van der Waals surface area contributed by atoms with Crippen molar-refractivity contribution in [3.05, 3.63) is 53.3 Å². The number of benzene rings is 1. The van der Waals surface area contributed by atoms with E-state index in [-0.39, 0.29) is 0 Å². The Morgan fingerprint density at radius 1 is 1.06 bits per heavy atom. The highest BCUT2D eigenvalue weighted by Crippen LogP contribution is 2.25. The molecule has 0 atom stereocenters. The van der Waals surface area contributed by atoms with E-state index in [0.717, 1.165) is 5.69 Å². The van der Waals surface area contributed by atoms with Gasteiger partial charge < -0.3 is 5.32 Å². The molecule has 0 aliphatic rings. The van der Waals surface area contributed by atoms with E-state index < -0.39 is 0 Å². The van der Waals surface area contributed by atoms with Crippen LogP contribution in [0.3, 0.4) is 0 Å². The summed E-state index contributed by atoms with van der Waals surface area (Å²) in [4.78, 5) is 4.10. The Balaban J connectivity index is 2.35. The van der Waals surface area contributed by atoms with Crippen molar-refractivity contribution in [2.45, 2.75) is 20.8 Å². The van der Waals surface area contributed by atoms with Gasteiger partial charge in [0, 0.05) is 11.9 Å². The molecule has 0 radical (unpaired) electrons. The molecule has 0 aliphatic carbocycles. The highest BCUT2D eigenvalue weighted by atomic mass is 14.9. The minimum Gasteiger partial charge on any atom is -0.354 e. The molecule has 1 N–H and O–H groups in total. The van der Waals surface area contributed by atoms with Crippen LogP contribution < -0.4 is 5.32 Å². The van der Waals surface area contributed by atoms with Crippen LogP contribution in [0.5, 0.6) is 0 Å². The molecule has 0 bridgehead atoms. The maximum atomic E-state index is 4.10. The first-order valence-electron chi connectivity index (χ1n) is 5.42. The first kappa shape index (κ1) is 10.7. The fourth-order valence-electron chi connectivity index (χ4n) is 1.96. The van der Waals surface area contributed by atoms with Gasteiger partial charge in [-0.3, -0.25) is 4.98 Å². The van der Waals surface area contributed by atoms with E-state index in [4.69, 9.17) is 0 Å². The van der Waals surface area contributed by atoms with Crippen molar-refractivity contribution in [1.29, 1.82) is 0 Å². The van der Waals surface area contributed by atoms with E-state index in [0.29, 0.717) is 0 Å². The lowest BCUT2D eigenvalue weighted by atomic mass is 10.1. The van der Waals surface area contributed by atoms with Gasteiger partial charge in [-0.05, 0) is 44.0 Å². The summed E-state index contributed by atoms with van der Waals surface area (Å²) < 4.78 is 0. The van der Waals surface area contributed by atoms with Crippen LogP contribution in [-0.4, -0.2) is 4.98 Å². The van der Waals surface area contributed by atoms with Crippen molar-refractivity contribution in [2.24, 2.45) is 0 Å². The molecule has 1 aromatic carbocycles. The maximum Gasteiger partial charge on any atom is 0.0570 e. The number of nitrogens with one attached hydrogen (secondary N) is 1. The Morgan fingerprint density at radius 2 is 1.75 bits per heavy atom. The number of anilines is 2. The van der Waals surface area contributed by atoms with Crippen LogP contribution in [-0.2, 0) is 0 Å². The standard InChI is InChI=1S/C14H16N2/c1-10-7-11(2)14(12(3)8-10)16-13-5-4-6-15-9-13/h4-9,16H,1-3H3. The summed E-state index contributed by atoms with van der Waals surface area (Å²) in [6.45, 7) is 6.37. The third kappa shape index (κ3) is 2.22. The van der Waals surface area contributed by atoms with Gasteiger partial charge in [0.25, 0.3) is 0 Å². The molecule has 2 aromatic rings. The molecule has 0 saturated carbocycles. The maximum absolute atomic E-state index is 4.10. The minimum atomic E-state index is 1.03. The predicted molar refractivity (Wildman–Crippen MR) is 68.2 cm³/mol. The van der Waals surface area contributed by atoms with E-state index in [1.165, 1.54) is 22.4 Å². The molecule has 0 unspecified atom stereocenters. The topological polar surface area (TPSA) is 24.9 Å². The first-order valence-corrected chi connectivity index (χ1v) is 5.42. The number of pyridine rings is 1. The van der Waals surface area contributed by atoms with E-state index >= 15 is 0 Å². The van der Waals surface area contributed by atoms with Gasteiger partial charge in [0.15, 0.2) is 0 Å². The van der Waals surface area contributed by atoms with Crippen molar-refractivity contribution in [3.63, 3.8) is 0 Å². The SMILES string of the molecule is Cc1cc(C)c(Nc2cccnc2)c(C)c1. The van der Waals surface area contributed by atoms with Gasteiger partial charge in [-0.15, -0.1) is 0 Å². The highest BCUT2D eigenvalue weighted by molar-refractivity contribution is 5.66. The lowest BCUT2D eigenvalue weighted by molar-refractivity contribution is 1.28. The minimum absolute atomic E-state index is 1.03. The second kappa shape index (κ2) is 4.35. The molecule has 2 nitrogen and oxygen atoms in total. The number of rotatable bonds is 2. The smallest absolute Gasteiger partial charge is 0.0570 e. The van der Waals surface area contributed by atoms with Crippen molar-refractivity contribution in [1.82, 2.24) is 4.98 Å². The van der Waals surface area contributed by atoms with E-state index in [2.05, 4.69) is 43.2 Å². The fourth-order valence-corrected chi connectivity index (χ4v) is 1.96. The highest BCUT2D eigenvalue weighted by Gasteiger charge is 2.03. The summed E-state index contributed by atoms with van der Waals surface area (Å²) in [5, 5.41) is 3.41. The van der Waals surface area contributed by atoms with Crippen molar-refractivity contribution in [2.75, 3.05) is 5.32 Å². The monoisotopic (exact) mass is 212 g/mol. The zero-order valence-corrected chi connectivity index (χ0v) is 9.91. The van der Waals surface area contributed by atoms with Crippen LogP contribution in [0.15, 0.2) is 36.7 Å². The lowest BCUT2D eigenvalue weighted by Crippen LogP contribution is -1.97. The Morgan fingerprint density at radius 3 is 2.31 bits per heavy atom. The van der Waals surface area contributed by atoms with Crippen LogP contribution in [0.2, 0.25) is 0 Å². The van der Waals surface area contributed by atoms with Crippen LogP contribution in [0.25, 0.3) is 0 Å². The van der Waals surface area contributed by atoms with Gasteiger partial charge in [-0.1, -0.05) is 17.7 Å². The van der Waals surface area contributed by atoms with Crippen LogP contribution in [0, 0.1) is 20.8 Å². The second-order valence-corrected chi connectivity index (χ2v) is 4.14. The molecule has 0 aliphatic heterocycles. The summed E-state index contributed by atoms with van der Waals surface area (Å²) in [6, 6.07) is 8.32. The number of nitrogens with zero attached hydrogens (tertiary/aromatic N) is 1. The van der Waals surface area contributed by atoms with Crippen LogP contribution in [0.4, 0.5) is 11.4 Å². The summed E-state index contributed by atoms with van der Waals surface area (Å²) in [6.07, 6.45) is 3.61. The van der Waals surface area contributed by atoms with Gasteiger partial charge >= 0.3 is 0 Å². The molecule has 1 aromatic heterocycles. The third-order valence-corrected chi connectivity index (χ3v) is 2.61. The normalized spacial score (nSPS) is 10.2. The Kier molecular flexibility index (Phi) is 2.91. The van der Waals surface area contributed by atoms with E-state index in [1.54, 1.807) is 6.20 Å².